The van der Waals surface area contributed by atoms with E-state index in [1.807, 2.05) is 20.8 Å². The second-order valence-electron chi connectivity index (χ2n) is 5.00. The van der Waals surface area contributed by atoms with Gasteiger partial charge in [-0.15, -0.1) is 0 Å². The second-order valence-corrected chi connectivity index (χ2v) is 5.00. The lowest BCUT2D eigenvalue weighted by atomic mass is 10.1. The van der Waals surface area contributed by atoms with Crippen molar-refractivity contribution in [3.05, 3.63) is 39.9 Å². The van der Waals surface area contributed by atoms with Gasteiger partial charge >= 0.3 is 0 Å². The molecule has 1 unspecified atom stereocenters. The van der Waals surface area contributed by atoms with Crippen molar-refractivity contribution in [3.8, 4) is 0 Å². The average Bonchev–Trinajstić information content (AvgIpc) is 2.38. The quantitative estimate of drug-likeness (QED) is 0.591. The zero-order valence-corrected chi connectivity index (χ0v) is 12.1. The number of benzene rings is 1. The molecule has 0 fully saturated rings. The molecule has 0 heterocycles. The molecule has 20 heavy (non-hydrogen) atoms. The van der Waals surface area contributed by atoms with Crippen molar-refractivity contribution in [2.24, 2.45) is 0 Å². The number of amides is 1. The van der Waals surface area contributed by atoms with Gasteiger partial charge < -0.3 is 10.6 Å². The van der Waals surface area contributed by atoms with E-state index < -0.39 is 4.92 Å². The second kappa shape index (κ2) is 7.59. The first-order valence-electron chi connectivity index (χ1n) is 6.67. The lowest BCUT2D eigenvalue weighted by molar-refractivity contribution is -0.384. The van der Waals surface area contributed by atoms with Gasteiger partial charge in [0, 0.05) is 31.1 Å². The SMILES string of the molecule is CC(C)NCCC(=O)NC(C)c1cccc([N+](=O)[O-])c1. The number of rotatable bonds is 7. The number of nitro benzene ring substituents is 1. The number of nitrogens with one attached hydrogen (secondary N) is 2. The zero-order chi connectivity index (χ0) is 15.1. The minimum absolute atomic E-state index is 0.0325. The van der Waals surface area contributed by atoms with Crippen LogP contribution in [-0.2, 0) is 4.79 Å². The molecular formula is C14H21N3O3. The molecule has 1 aromatic carbocycles. The van der Waals surface area contributed by atoms with Crippen molar-refractivity contribution in [3.63, 3.8) is 0 Å². The Bertz CT molecular complexity index is 474. The summed E-state index contributed by atoms with van der Waals surface area (Å²) in [5, 5.41) is 16.7. The number of hydrogen-bond donors (Lipinski definition) is 2. The fourth-order valence-electron chi connectivity index (χ4n) is 1.78. The van der Waals surface area contributed by atoms with Crippen LogP contribution in [0.5, 0.6) is 0 Å². The Labute approximate surface area is 118 Å². The van der Waals surface area contributed by atoms with Crippen LogP contribution in [0, 0.1) is 10.1 Å². The maximum Gasteiger partial charge on any atom is 0.269 e. The van der Waals surface area contributed by atoms with Crippen LogP contribution in [0.25, 0.3) is 0 Å². The van der Waals surface area contributed by atoms with Gasteiger partial charge in [0.25, 0.3) is 5.69 Å². The molecule has 1 amide bonds. The van der Waals surface area contributed by atoms with Crippen molar-refractivity contribution < 1.29 is 9.72 Å². The summed E-state index contributed by atoms with van der Waals surface area (Å²) in [5.41, 5.74) is 0.759. The van der Waals surface area contributed by atoms with Crippen LogP contribution >= 0.6 is 0 Å². The summed E-state index contributed by atoms with van der Waals surface area (Å²) in [6.07, 6.45) is 0.386. The molecule has 0 radical (unpaired) electrons. The molecule has 6 nitrogen and oxygen atoms in total. The number of hydrogen-bond acceptors (Lipinski definition) is 4. The lowest BCUT2D eigenvalue weighted by Gasteiger charge is -2.15. The van der Waals surface area contributed by atoms with Gasteiger partial charge in [-0.05, 0) is 12.5 Å². The van der Waals surface area contributed by atoms with Gasteiger partial charge in [0.05, 0.1) is 11.0 Å². The summed E-state index contributed by atoms with van der Waals surface area (Å²) in [6.45, 7) is 6.46. The van der Waals surface area contributed by atoms with E-state index in [0.29, 0.717) is 19.0 Å². The van der Waals surface area contributed by atoms with Gasteiger partial charge in [-0.3, -0.25) is 14.9 Å². The van der Waals surface area contributed by atoms with Crippen LogP contribution in [0.2, 0.25) is 0 Å². The number of carbonyl (C=O) groups excluding carboxylic acids is 1. The molecule has 0 aliphatic carbocycles. The highest BCUT2D eigenvalue weighted by atomic mass is 16.6. The number of nitrogens with zero attached hydrogens (tertiary/aromatic N) is 1. The van der Waals surface area contributed by atoms with E-state index >= 15 is 0 Å². The van der Waals surface area contributed by atoms with Crippen LogP contribution in [0.1, 0.15) is 38.8 Å². The smallest absolute Gasteiger partial charge is 0.269 e. The van der Waals surface area contributed by atoms with Crippen molar-refractivity contribution in [1.82, 2.24) is 10.6 Å². The summed E-state index contributed by atoms with van der Waals surface area (Å²) in [4.78, 5) is 22.0. The molecule has 1 rings (SSSR count). The van der Waals surface area contributed by atoms with Crippen LogP contribution in [0.3, 0.4) is 0 Å². The molecule has 1 aromatic rings. The topological polar surface area (TPSA) is 84.3 Å². The van der Waals surface area contributed by atoms with Crippen LogP contribution in [0.4, 0.5) is 5.69 Å². The summed E-state index contributed by atoms with van der Waals surface area (Å²) in [5.74, 6) is -0.0721. The third-order valence-corrected chi connectivity index (χ3v) is 2.86. The first-order chi connectivity index (χ1) is 9.40. The van der Waals surface area contributed by atoms with Crippen molar-refractivity contribution in [1.29, 1.82) is 0 Å². The molecular weight excluding hydrogens is 258 g/mol. The molecule has 0 aromatic heterocycles. The highest BCUT2D eigenvalue weighted by Crippen LogP contribution is 2.18. The minimum Gasteiger partial charge on any atom is -0.350 e. The van der Waals surface area contributed by atoms with Crippen molar-refractivity contribution in [2.45, 2.75) is 39.3 Å². The summed E-state index contributed by atoms with van der Waals surface area (Å²) in [7, 11) is 0. The molecule has 2 N–H and O–H groups in total. The third kappa shape index (κ3) is 5.36. The summed E-state index contributed by atoms with van der Waals surface area (Å²) in [6, 6.07) is 6.40. The predicted molar refractivity (Wildman–Crippen MR) is 77.4 cm³/mol. The van der Waals surface area contributed by atoms with E-state index in [4.69, 9.17) is 0 Å². The summed E-state index contributed by atoms with van der Waals surface area (Å²) < 4.78 is 0. The van der Waals surface area contributed by atoms with Crippen molar-refractivity contribution in [2.75, 3.05) is 6.54 Å². The van der Waals surface area contributed by atoms with Crippen LogP contribution < -0.4 is 10.6 Å². The fraction of sp³-hybridized carbons (Fsp3) is 0.500. The van der Waals surface area contributed by atoms with E-state index in [2.05, 4.69) is 10.6 Å². The molecule has 0 aliphatic rings. The Morgan fingerprint density at radius 3 is 2.65 bits per heavy atom. The highest BCUT2D eigenvalue weighted by molar-refractivity contribution is 5.76. The Morgan fingerprint density at radius 2 is 2.05 bits per heavy atom. The Balaban J connectivity index is 2.53. The number of non-ortho nitro benzene ring substituents is 1. The fourth-order valence-corrected chi connectivity index (χ4v) is 1.78. The van der Waals surface area contributed by atoms with Gasteiger partial charge in [-0.25, -0.2) is 0 Å². The molecule has 110 valence electrons. The van der Waals surface area contributed by atoms with Crippen LogP contribution in [-0.4, -0.2) is 23.4 Å². The van der Waals surface area contributed by atoms with E-state index in [-0.39, 0.29) is 17.6 Å². The standard InChI is InChI=1S/C14H21N3O3/c1-10(2)15-8-7-14(18)16-11(3)12-5-4-6-13(9-12)17(19)20/h4-6,9-11,15H,7-8H2,1-3H3,(H,16,18). The third-order valence-electron chi connectivity index (χ3n) is 2.86. The highest BCUT2D eigenvalue weighted by Gasteiger charge is 2.13. The molecule has 0 spiro atoms. The van der Waals surface area contributed by atoms with E-state index in [1.165, 1.54) is 12.1 Å². The number of nitro groups is 1. The largest absolute Gasteiger partial charge is 0.350 e. The zero-order valence-electron chi connectivity index (χ0n) is 12.1. The predicted octanol–water partition coefficient (Wildman–Crippen LogP) is 2.16. The Kier molecular flexibility index (Phi) is 6.11. The van der Waals surface area contributed by atoms with Crippen molar-refractivity contribution >= 4 is 11.6 Å². The first-order valence-corrected chi connectivity index (χ1v) is 6.67. The van der Waals surface area contributed by atoms with Gasteiger partial charge in [-0.2, -0.15) is 0 Å². The molecule has 0 saturated heterocycles. The minimum atomic E-state index is -0.440. The molecule has 0 aliphatic heterocycles. The van der Waals surface area contributed by atoms with E-state index in [9.17, 15) is 14.9 Å². The number of carbonyl (C=O) groups is 1. The lowest BCUT2D eigenvalue weighted by Crippen LogP contribution is -2.31. The van der Waals surface area contributed by atoms with E-state index in [1.54, 1.807) is 12.1 Å². The Morgan fingerprint density at radius 1 is 1.35 bits per heavy atom. The first kappa shape index (κ1) is 16.1. The summed E-state index contributed by atoms with van der Waals surface area (Å²) >= 11 is 0. The monoisotopic (exact) mass is 279 g/mol. The maximum absolute atomic E-state index is 11.7. The maximum atomic E-state index is 11.7. The molecule has 0 bridgehead atoms. The van der Waals surface area contributed by atoms with Gasteiger partial charge in [0.15, 0.2) is 0 Å². The van der Waals surface area contributed by atoms with E-state index in [0.717, 1.165) is 5.56 Å². The molecule has 1 atom stereocenters. The van der Waals surface area contributed by atoms with Gasteiger partial charge in [-0.1, -0.05) is 26.0 Å². The Hall–Kier alpha value is -1.95. The molecule has 6 heteroatoms. The van der Waals surface area contributed by atoms with Gasteiger partial charge in [0.1, 0.15) is 0 Å². The average molecular weight is 279 g/mol. The van der Waals surface area contributed by atoms with Crippen LogP contribution in [0.15, 0.2) is 24.3 Å². The van der Waals surface area contributed by atoms with Gasteiger partial charge in [0.2, 0.25) is 5.91 Å². The molecule has 0 saturated carbocycles. The normalized spacial score (nSPS) is 12.2.